The van der Waals surface area contributed by atoms with Gasteiger partial charge < -0.3 is 4.74 Å². The van der Waals surface area contributed by atoms with Crippen LogP contribution in [0.3, 0.4) is 0 Å². The van der Waals surface area contributed by atoms with Gasteiger partial charge in [-0.2, -0.15) is 8.75 Å². The van der Waals surface area contributed by atoms with E-state index >= 15 is 0 Å². The van der Waals surface area contributed by atoms with Gasteiger partial charge in [-0.3, -0.25) is 4.72 Å². The Morgan fingerprint density at radius 2 is 1.54 bits per heavy atom. The van der Waals surface area contributed by atoms with E-state index in [4.69, 9.17) is 4.74 Å². The average molecular weight is 383 g/mol. The van der Waals surface area contributed by atoms with Gasteiger partial charge in [0.1, 0.15) is 27.4 Å². The number of anilines is 1. The molecule has 1 aromatic heterocycles. The number of nitrogens with one attached hydrogen (secondary N) is 1. The molecule has 1 N–H and O–H groups in total. The molecule has 0 aliphatic carbocycles. The number of sulfonamides is 1. The molecule has 26 heavy (non-hydrogen) atoms. The van der Waals surface area contributed by atoms with Crippen molar-refractivity contribution in [1.82, 2.24) is 8.75 Å². The maximum Gasteiger partial charge on any atom is 0.264 e. The Hall–Kier alpha value is -2.97. The van der Waals surface area contributed by atoms with Gasteiger partial charge in [0.15, 0.2) is 0 Å². The zero-order valence-corrected chi connectivity index (χ0v) is 15.0. The molecule has 4 aromatic rings. The van der Waals surface area contributed by atoms with E-state index < -0.39 is 10.0 Å². The number of hydrogen-bond acceptors (Lipinski definition) is 6. The number of aromatic nitrogens is 2. The smallest absolute Gasteiger partial charge is 0.264 e. The number of hydrogen-bond donors (Lipinski definition) is 1. The summed E-state index contributed by atoms with van der Waals surface area (Å²) in [6.07, 6.45) is 0. The van der Waals surface area contributed by atoms with Crippen LogP contribution in [0.4, 0.5) is 5.69 Å². The van der Waals surface area contributed by atoms with E-state index in [9.17, 15) is 8.42 Å². The normalized spacial score (nSPS) is 11.4. The lowest BCUT2D eigenvalue weighted by molar-refractivity contribution is 0.483. The quantitative estimate of drug-likeness (QED) is 0.556. The predicted molar refractivity (Wildman–Crippen MR) is 101 cm³/mol. The van der Waals surface area contributed by atoms with Gasteiger partial charge in [-0.05, 0) is 48.5 Å². The van der Waals surface area contributed by atoms with E-state index in [-0.39, 0.29) is 4.90 Å². The van der Waals surface area contributed by atoms with Crippen LogP contribution < -0.4 is 9.46 Å². The lowest BCUT2D eigenvalue weighted by Crippen LogP contribution is -2.13. The molecule has 3 aromatic carbocycles. The van der Waals surface area contributed by atoms with Crippen LogP contribution in [0.25, 0.3) is 11.0 Å². The molecule has 1 heterocycles. The lowest BCUT2D eigenvalue weighted by Gasteiger charge is -2.10. The molecular weight excluding hydrogens is 370 g/mol. The zero-order chi connectivity index (χ0) is 18.0. The second-order valence-corrected chi connectivity index (χ2v) is 7.61. The molecule has 0 fully saturated rings. The standard InChI is InChI=1S/C18H13N3O3S2/c22-26(23,17-8-4-7-16-18(17)20-25-19-16)21-13-9-11-15(12-10-13)24-14-5-2-1-3-6-14/h1-12,21H. The topological polar surface area (TPSA) is 81.2 Å². The van der Waals surface area contributed by atoms with E-state index in [1.807, 2.05) is 30.3 Å². The summed E-state index contributed by atoms with van der Waals surface area (Å²) in [6.45, 7) is 0. The molecule has 8 heteroatoms. The minimum absolute atomic E-state index is 0.105. The fourth-order valence-electron chi connectivity index (χ4n) is 2.42. The molecule has 6 nitrogen and oxygen atoms in total. The highest BCUT2D eigenvalue weighted by Gasteiger charge is 2.19. The highest BCUT2D eigenvalue weighted by atomic mass is 32.2. The highest BCUT2D eigenvalue weighted by Crippen LogP contribution is 2.26. The SMILES string of the molecule is O=S(=O)(Nc1ccc(Oc2ccccc2)cc1)c1cccc2nsnc12. The van der Waals surface area contributed by atoms with Crippen molar-refractivity contribution in [2.24, 2.45) is 0 Å². The third-order valence-electron chi connectivity index (χ3n) is 3.62. The Kier molecular flexibility index (Phi) is 4.27. The average Bonchev–Trinajstić information content (AvgIpc) is 3.12. The van der Waals surface area contributed by atoms with Crippen LogP contribution in [0.2, 0.25) is 0 Å². The third kappa shape index (κ3) is 3.37. The van der Waals surface area contributed by atoms with Crippen molar-refractivity contribution in [1.29, 1.82) is 0 Å². The summed E-state index contributed by atoms with van der Waals surface area (Å²) >= 11 is 0.984. The monoisotopic (exact) mass is 383 g/mol. The molecule has 0 atom stereocenters. The van der Waals surface area contributed by atoms with Crippen molar-refractivity contribution >= 4 is 38.5 Å². The van der Waals surface area contributed by atoms with E-state index in [0.717, 1.165) is 11.7 Å². The number of ether oxygens (including phenoxy) is 1. The van der Waals surface area contributed by atoms with Crippen LogP contribution in [-0.2, 0) is 10.0 Å². The van der Waals surface area contributed by atoms with Crippen molar-refractivity contribution < 1.29 is 13.2 Å². The second-order valence-electron chi connectivity index (χ2n) is 5.43. The first kappa shape index (κ1) is 16.5. The van der Waals surface area contributed by atoms with E-state index in [1.54, 1.807) is 36.4 Å². The maximum atomic E-state index is 12.7. The van der Waals surface area contributed by atoms with Gasteiger partial charge in [0.05, 0.1) is 11.7 Å². The van der Waals surface area contributed by atoms with Gasteiger partial charge >= 0.3 is 0 Å². The number of benzene rings is 3. The minimum atomic E-state index is -3.77. The van der Waals surface area contributed by atoms with Crippen LogP contribution in [0.1, 0.15) is 0 Å². The van der Waals surface area contributed by atoms with E-state index in [0.29, 0.717) is 28.2 Å². The van der Waals surface area contributed by atoms with Crippen molar-refractivity contribution in [2.75, 3.05) is 4.72 Å². The summed E-state index contributed by atoms with van der Waals surface area (Å²) in [5.74, 6) is 1.33. The molecule has 0 bridgehead atoms. The lowest BCUT2D eigenvalue weighted by atomic mass is 10.3. The minimum Gasteiger partial charge on any atom is -0.457 e. The van der Waals surface area contributed by atoms with Gasteiger partial charge in [-0.15, -0.1) is 0 Å². The maximum absolute atomic E-state index is 12.7. The summed E-state index contributed by atoms with van der Waals surface area (Å²) in [7, 11) is -3.77. The molecule has 0 aliphatic heterocycles. The zero-order valence-electron chi connectivity index (χ0n) is 13.4. The number of para-hydroxylation sites is 1. The summed E-state index contributed by atoms with van der Waals surface area (Å²) in [4.78, 5) is 0.105. The largest absolute Gasteiger partial charge is 0.457 e. The molecule has 0 amide bonds. The van der Waals surface area contributed by atoms with Crippen LogP contribution in [0, 0.1) is 0 Å². The van der Waals surface area contributed by atoms with E-state index in [2.05, 4.69) is 13.5 Å². The van der Waals surface area contributed by atoms with Crippen LogP contribution in [0.5, 0.6) is 11.5 Å². The van der Waals surface area contributed by atoms with Crippen LogP contribution >= 0.6 is 11.7 Å². The number of rotatable bonds is 5. The fraction of sp³-hybridized carbons (Fsp3) is 0. The molecular formula is C18H13N3O3S2. The van der Waals surface area contributed by atoms with Crippen molar-refractivity contribution in [3.8, 4) is 11.5 Å². The Morgan fingerprint density at radius 1 is 0.808 bits per heavy atom. The Bertz CT molecular complexity index is 1140. The van der Waals surface area contributed by atoms with Gasteiger partial charge in [0, 0.05) is 5.69 Å². The first-order chi connectivity index (χ1) is 12.6. The molecule has 0 unspecified atom stereocenters. The van der Waals surface area contributed by atoms with Crippen LogP contribution in [0.15, 0.2) is 77.7 Å². The van der Waals surface area contributed by atoms with Crippen LogP contribution in [-0.4, -0.2) is 17.2 Å². The van der Waals surface area contributed by atoms with Crippen molar-refractivity contribution in [3.05, 3.63) is 72.8 Å². The van der Waals surface area contributed by atoms with Crippen molar-refractivity contribution in [3.63, 3.8) is 0 Å². The molecule has 4 rings (SSSR count). The Morgan fingerprint density at radius 3 is 2.31 bits per heavy atom. The van der Waals surface area contributed by atoms with Gasteiger partial charge in [-0.25, -0.2) is 8.42 Å². The molecule has 0 radical (unpaired) electrons. The second kappa shape index (κ2) is 6.74. The highest BCUT2D eigenvalue weighted by molar-refractivity contribution is 7.93. The summed E-state index contributed by atoms with van der Waals surface area (Å²) in [5, 5.41) is 0. The summed E-state index contributed by atoms with van der Waals surface area (Å²) in [5.41, 5.74) is 1.36. The summed E-state index contributed by atoms with van der Waals surface area (Å²) < 4.78 is 41.8. The predicted octanol–water partition coefficient (Wildman–Crippen LogP) is 4.28. The Balaban J connectivity index is 1.56. The van der Waals surface area contributed by atoms with Crippen molar-refractivity contribution in [2.45, 2.75) is 4.90 Å². The van der Waals surface area contributed by atoms with E-state index in [1.165, 1.54) is 6.07 Å². The third-order valence-corrected chi connectivity index (χ3v) is 5.58. The molecule has 130 valence electrons. The van der Waals surface area contributed by atoms with Gasteiger partial charge in [0.2, 0.25) is 0 Å². The van der Waals surface area contributed by atoms with Gasteiger partial charge in [-0.1, -0.05) is 24.3 Å². The summed E-state index contributed by atoms with van der Waals surface area (Å²) in [6, 6.07) is 21.0. The van der Waals surface area contributed by atoms with Gasteiger partial charge in [0.25, 0.3) is 10.0 Å². The molecule has 0 saturated carbocycles. The Labute approximate surface area is 154 Å². The number of fused-ring (bicyclic) bond motifs is 1. The molecule has 0 aliphatic rings. The first-order valence-electron chi connectivity index (χ1n) is 7.69. The molecule has 0 saturated heterocycles. The fourth-order valence-corrected chi connectivity index (χ4v) is 4.25. The number of nitrogens with zero attached hydrogens (tertiary/aromatic N) is 2. The molecule has 0 spiro atoms. The first-order valence-corrected chi connectivity index (χ1v) is 9.90.